The van der Waals surface area contributed by atoms with Crippen molar-refractivity contribution in [2.24, 2.45) is 0 Å². The molecule has 2 heterocycles. The van der Waals surface area contributed by atoms with Gasteiger partial charge in [0.25, 0.3) is 0 Å². The third-order valence-corrected chi connectivity index (χ3v) is 6.42. The number of carbonyl (C=O) groups is 1. The van der Waals surface area contributed by atoms with Gasteiger partial charge in [0.2, 0.25) is 5.76 Å². The zero-order valence-corrected chi connectivity index (χ0v) is 21.1. The van der Waals surface area contributed by atoms with Crippen molar-refractivity contribution in [3.05, 3.63) is 83.8 Å². The molecule has 8 nitrogen and oxygen atoms in total. The van der Waals surface area contributed by atoms with E-state index in [1.165, 1.54) is 17.8 Å². The molecule has 4 rings (SSSR count). The Balaban J connectivity index is 1.53. The lowest BCUT2D eigenvalue weighted by atomic mass is 10.1. The van der Waals surface area contributed by atoms with Gasteiger partial charge in [0.05, 0.1) is 25.7 Å². The average molecular weight is 506 g/mol. The second-order valence-electron chi connectivity index (χ2n) is 7.98. The van der Waals surface area contributed by atoms with E-state index in [2.05, 4.69) is 4.90 Å². The predicted octanol–water partition coefficient (Wildman–Crippen LogP) is 5.42. The Morgan fingerprint density at radius 1 is 1.00 bits per heavy atom. The summed E-state index contributed by atoms with van der Waals surface area (Å²) in [6.45, 7) is 0.727. The van der Waals surface area contributed by atoms with Crippen molar-refractivity contribution in [1.29, 1.82) is 0 Å². The van der Waals surface area contributed by atoms with Gasteiger partial charge in [-0.3, -0.25) is 0 Å². The van der Waals surface area contributed by atoms with Gasteiger partial charge >= 0.3 is 5.97 Å². The van der Waals surface area contributed by atoms with Crippen molar-refractivity contribution in [3.63, 3.8) is 0 Å². The lowest BCUT2D eigenvalue weighted by molar-refractivity contribution is 0.0661. The van der Waals surface area contributed by atoms with Gasteiger partial charge in [-0.15, -0.1) is 0 Å². The van der Waals surface area contributed by atoms with Gasteiger partial charge in [-0.1, -0.05) is 48.2 Å². The first-order valence-electron chi connectivity index (χ1n) is 11.3. The minimum Gasteiger partial charge on any atom is -0.493 e. The molecule has 0 aliphatic rings. The molecule has 0 radical (unpaired) electrons. The number of aromatic carboxylic acids is 1. The number of carboxylic acids is 1. The van der Waals surface area contributed by atoms with E-state index in [9.17, 15) is 4.79 Å². The highest BCUT2D eigenvalue weighted by molar-refractivity contribution is 7.98. The second-order valence-corrected chi connectivity index (χ2v) is 8.92. The lowest BCUT2D eigenvalue weighted by Gasteiger charge is -2.20. The zero-order chi connectivity index (χ0) is 25.5. The van der Waals surface area contributed by atoms with Gasteiger partial charge in [0.1, 0.15) is 11.6 Å². The Labute approximate surface area is 213 Å². The van der Waals surface area contributed by atoms with Crippen molar-refractivity contribution < 1.29 is 23.8 Å². The van der Waals surface area contributed by atoms with Crippen molar-refractivity contribution in [2.45, 2.75) is 17.3 Å². The molecule has 2 aromatic heterocycles. The van der Waals surface area contributed by atoms with Crippen molar-refractivity contribution in [2.75, 3.05) is 32.7 Å². The minimum absolute atomic E-state index is 0.0832. The van der Waals surface area contributed by atoms with E-state index >= 15 is 0 Å². The van der Waals surface area contributed by atoms with Gasteiger partial charge in [-0.2, -0.15) is 0 Å². The Kier molecular flexibility index (Phi) is 8.12. The number of methoxy groups -OCH3 is 2. The van der Waals surface area contributed by atoms with Crippen LogP contribution in [0.4, 0.5) is 5.82 Å². The maximum Gasteiger partial charge on any atom is 0.371 e. The van der Waals surface area contributed by atoms with Crippen LogP contribution < -0.4 is 14.4 Å². The largest absolute Gasteiger partial charge is 0.493 e. The van der Waals surface area contributed by atoms with Crippen LogP contribution in [0.15, 0.2) is 76.3 Å². The summed E-state index contributed by atoms with van der Waals surface area (Å²) in [6.07, 6.45) is 0.786. The smallest absolute Gasteiger partial charge is 0.371 e. The summed E-state index contributed by atoms with van der Waals surface area (Å²) in [5.41, 5.74) is 2.92. The fourth-order valence-electron chi connectivity index (χ4n) is 3.58. The molecular formula is C27H27N3O5S. The van der Waals surface area contributed by atoms with E-state index in [4.69, 9.17) is 29.0 Å². The fourth-order valence-corrected chi connectivity index (χ4v) is 4.33. The Hall–Kier alpha value is -3.98. The first kappa shape index (κ1) is 25.1. The van der Waals surface area contributed by atoms with Gasteiger partial charge in [0, 0.05) is 25.2 Å². The maximum absolute atomic E-state index is 11.1. The van der Waals surface area contributed by atoms with Gasteiger partial charge in [-0.25, -0.2) is 14.8 Å². The number of ether oxygens (including phenoxy) is 2. The molecule has 1 N–H and O–H groups in total. The highest BCUT2D eigenvalue weighted by Gasteiger charge is 2.14. The summed E-state index contributed by atoms with van der Waals surface area (Å²) < 4.78 is 16.1. The van der Waals surface area contributed by atoms with Crippen LogP contribution in [0.2, 0.25) is 0 Å². The molecule has 0 fully saturated rings. The van der Waals surface area contributed by atoms with E-state index in [0.717, 1.165) is 35.6 Å². The van der Waals surface area contributed by atoms with Crippen LogP contribution in [0.1, 0.15) is 21.9 Å². The fraction of sp³-hybridized carbons (Fsp3) is 0.222. The number of aromatic nitrogens is 2. The number of benzene rings is 2. The average Bonchev–Trinajstić information content (AvgIpc) is 3.40. The summed E-state index contributed by atoms with van der Waals surface area (Å²) >= 11 is 1.40. The van der Waals surface area contributed by atoms with Crippen molar-refractivity contribution in [3.8, 4) is 22.8 Å². The van der Waals surface area contributed by atoms with E-state index in [1.807, 2.05) is 61.6 Å². The first-order chi connectivity index (χ1) is 17.5. The molecule has 0 spiro atoms. The number of furan rings is 1. The van der Waals surface area contributed by atoms with Crippen molar-refractivity contribution >= 4 is 23.5 Å². The van der Waals surface area contributed by atoms with Gasteiger partial charge in [0.15, 0.2) is 16.7 Å². The molecule has 4 aromatic rings. The molecule has 0 atom stereocenters. The molecule has 36 heavy (non-hydrogen) atoms. The second kappa shape index (κ2) is 11.6. The molecule has 0 bridgehead atoms. The topological polar surface area (TPSA) is 97.9 Å². The van der Waals surface area contributed by atoms with Crippen LogP contribution in [0.25, 0.3) is 11.3 Å². The summed E-state index contributed by atoms with van der Waals surface area (Å²) in [5.74, 6) is 1.99. The highest BCUT2D eigenvalue weighted by Crippen LogP contribution is 2.29. The molecular weight excluding hydrogens is 478 g/mol. The molecule has 9 heteroatoms. The van der Waals surface area contributed by atoms with E-state index in [-0.39, 0.29) is 5.76 Å². The zero-order valence-electron chi connectivity index (χ0n) is 20.3. The van der Waals surface area contributed by atoms with Gasteiger partial charge in [-0.05, 0) is 36.2 Å². The number of nitrogens with zero attached hydrogens (tertiary/aromatic N) is 3. The number of likely N-dealkylation sites (N-methyl/N-ethyl adjacent to an activating group) is 1. The molecule has 0 unspecified atom stereocenters. The van der Waals surface area contributed by atoms with Crippen LogP contribution in [0.5, 0.6) is 11.5 Å². The minimum atomic E-state index is -1.09. The maximum atomic E-state index is 11.1. The van der Waals surface area contributed by atoms with E-state index in [0.29, 0.717) is 28.2 Å². The number of thioether (sulfide) groups is 1. The lowest BCUT2D eigenvalue weighted by Crippen LogP contribution is -2.22. The molecule has 0 saturated heterocycles. The third-order valence-electron chi connectivity index (χ3n) is 5.55. The van der Waals surface area contributed by atoms with Gasteiger partial charge < -0.3 is 23.9 Å². The third kappa shape index (κ3) is 6.17. The standard InChI is InChI=1S/C27H27N3O5S/c1-30(14-13-18-9-11-22(33-2)24(15-18)34-3)25-16-21(19-7-5-4-6-8-19)28-27(29-25)36-17-20-10-12-23(35-20)26(31)32/h4-12,15-16H,13-14,17H2,1-3H3,(H,31,32). The highest BCUT2D eigenvalue weighted by atomic mass is 32.2. The monoisotopic (exact) mass is 505 g/mol. The SMILES string of the molecule is COc1ccc(CCN(C)c2cc(-c3ccccc3)nc(SCc3ccc(C(=O)O)o3)n2)cc1OC. The molecule has 2 aromatic carbocycles. The van der Waals surface area contributed by atoms with E-state index < -0.39 is 5.97 Å². The number of hydrogen-bond donors (Lipinski definition) is 1. The number of rotatable bonds is 11. The Bertz CT molecular complexity index is 1330. The predicted molar refractivity (Wildman–Crippen MR) is 139 cm³/mol. The van der Waals surface area contributed by atoms with Crippen LogP contribution in [0.3, 0.4) is 0 Å². The molecule has 186 valence electrons. The molecule has 0 amide bonds. The van der Waals surface area contributed by atoms with Crippen LogP contribution in [0, 0.1) is 0 Å². The molecule has 0 aliphatic carbocycles. The number of carboxylic acid groups (broad SMARTS) is 1. The van der Waals surface area contributed by atoms with E-state index in [1.54, 1.807) is 20.3 Å². The summed E-state index contributed by atoms with van der Waals surface area (Å²) in [4.78, 5) is 22.7. The van der Waals surface area contributed by atoms with Crippen LogP contribution >= 0.6 is 11.8 Å². The normalized spacial score (nSPS) is 10.8. The quantitative estimate of drug-likeness (QED) is 0.211. The Morgan fingerprint density at radius 2 is 1.78 bits per heavy atom. The summed E-state index contributed by atoms with van der Waals surface area (Å²) in [6, 6.07) is 20.9. The van der Waals surface area contributed by atoms with Crippen LogP contribution in [-0.2, 0) is 12.2 Å². The molecule has 0 saturated carbocycles. The number of hydrogen-bond acceptors (Lipinski definition) is 8. The molecule has 0 aliphatic heterocycles. The summed E-state index contributed by atoms with van der Waals surface area (Å²) in [7, 11) is 5.25. The number of anilines is 1. The summed E-state index contributed by atoms with van der Waals surface area (Å²) in [5, 5.41) is 9.67. The Morgan fingerprint density at radius 3 is 2.47 bits per heavy atom. The van der Waals surface area contributed by atoms with Crippen molar-refractivity contribution in [1.82, 2.24) is 9.97 Å². The first-order valence-corrected chi connectivity index (χ1v) is 12.3. The van der Waals surface area contributed by atoms with Crippen LogP contribution in [-0.4, -0.2) is 48.9 Å².